The predicted octanol–water partition coefficient (Wildman–Crippen LogP) is 4.93. The van der Waals surface area contributed by atoms with Gasteiger partial charge in [-0.05, 0) is 31.4 Å². The van der Waals surface area contributed by atoms with E-state index >= 15 is 0 Å². The quantitative estimate of drug-likeness (QED) is 0.703. The Kier molecular flexibility index (Phi) is 3.78. The van der Waals surface area contributed by atoms with Crippen LogP contribution in [-0.4, -0.2) is 10.9 Å². The van der Waals surface area contributed by atoms with Gasteiger partial charge in [-0.2, -0.15) is 0 Å². The van der Waals surface area contributed by atoms with Crippen molar-refractivity contribution in [1.29, 1.82) is 0 Å². The average Bonchev–Trinajstić information content (AvgIpc) is 2.81. The van der Waals surface area contributed by atoms with Gasteiger partial charge in [0.15, 0.2) is 0 Å². The summed E-state index contributed by atoms with van der Waals surface area (Å²) in [6, 6.07) is 11.8. The maximum absolute atomic E-state index is 12.4. The highest BCUT2D eigenvalue weighted by Crippen LogP contribution is 2.30. The van der Waals surface area contributed by atoms with Crippen LogP contribution in [0, 0.1) is 13.8 Å². The van der Waals surface area contributed by atoms with E-state index in [2.05, 4.69) is 26.2 Å². The van der Waals surface area contributed by atoms with Crippen molar-refractivity contribution >= 4 is 49.6 Å². The summed E-state index contributed by atoms with van der Waals surface area (Å²) in [5.74, 6) is -0.106. The van der Waals surface area contributed by atoms with Crippen LogP contribution in [0.3, 0.4) is 0 Å². The van der Waals surface area contributed by atoms with Gasteiger partial charge in [-0.25, -0.2) is 4.98 Å². The molecule has 0 bridgehead atoms. The molecule has 0 atom stereocenters. The summed E-state index contributed by atoms with van der Waals surface area (Å²) in [5, 5.41) is 5.98. The van der Waals surface area contributed by atoms with E-state index in [1.165, 1.54) is 11.3 Å². The van der Waals surface area contributed by atoms with Gasteiger partial charge < -0.3 is 5.32 Å². The number of carbonyl (C=O) groups is 1. The predicted molar refractivity (Wildman–Crippen MR) is 91.2 cm³/mol. The van der Waals surface area contributed by atoms with Gasteiger partial charge in [-0.15, -0.1) is 11.3 Å². The van der Waals surface area contributed by atoms with Gasteiger partial charge in [0.1, 0.15) is 4.88 Å². The number of amides is 1. The lowest BCUT2D eigenvalue weighted by molar-refractivity contribution is 0.103. The molecule has 0 fully saturated rings. The molecule has 2 aromatic carbocycles. The van der Waals surface area contributed by atoms with E-state index in [9.17, 15) is 4.79 Å². The van der Waals surface area contributed by atoms with E-state index in [0.29, 0.717) is 4.88 Å². The third-order valence-corrected chi connectivity index (χ3v) is 4.99. The molecule has 0 radical (unpaired) electrons. The molecule has 3 rings (SSSR count). The van der Waals surface area contributed by atoms with Crippen molar-refractivity contribution in [1.82, 2.24) is 4.98 Å². The molecule has 0 saturated heterocycles. The van der Waals surface area contributed by atoms with Crippen LogP contribution >= 0.6 is 27.3 Å². The molecule has 3 nitrogen and oxygen atoms in total. The lowest BCUT2D eigenvalue weighted by Gasteiger charge is -2.09. The van der Waals surface area contributed by atoms with Gasteiger partial charge in [-0.3, -0.25) is 4.79 Å². The number of hydrogen-bond acceptors (Lipinski definition) is 3. The van der Waals surface area contributed by atoms with Crippen molar-refractivity contribution in [3.63, 3.8) is 0 Å². The fraction of sp³-hybridized carbons (Fsp3) is 0.125. The molecule has 21 heavy (non-hydrogen) atoms. The number of nitrogens with one attached hydrogen (secondary N) is 1. The summed E-state index contributed by atoms with van der Waals surface area (Å²) < 4.78 is 1.01. The zero-order chi connectivity index (χ0) is 15.0. The molecule has 106 valence electrons. The second-order valence-corrected chi connectivity index (χ2v) is 6.80. The lowest BCUT2D eigenvalue weighted by atomic mass is 10.1. The first kappa shape index (κ1) is 14.2. The molecule has 0 aliphatic rings. The smallest absolute Gasteiger partial charge is 0.267 e. The standard InChI is InChI=1S/C16H13BrN2OS/c1-9-15(21-10(2)18-9)16(20)19-14-8-7-13(17)11-5-3-4-6-12(11)14/h3-8H,1-2H3,(H,19,20). The average molecular weight is 361 g/mol. The van der Waals surface area contributed by atoms with Gasteiger partial charge in [0.2, 0.25) is 0 Å². The monoisotopic (exact) mass is 360 g/mol. The van der Waals surface area contributed by atoms with Crippen molar-refractivity contribution in [2.45, 2.75) is 13.8 Å². The van der Waals surface area contributed by atoms with Crippen LogP contribution in [0.4, 0.5) is 5.69 Å². The molecule has 1 aromatic heterocycles. The first-order valence-electron chi connectivity index (χ1n) is 6.49. The zero-order valence-electron chi connectivity index (χ0n) is 11.6. The molecule has 1 heterocycles. The molecule has 0 unspecified atom stereocenters. The number of carbonyl (C=O) groups excluding carboxylic acids is 1. The highest BCUT2D eigenvalue weighted by atomic mass is 79.9. The number of thiazole rings is 1. The first-order chi connectivity index (χ1) is 10.1. The summed E-state index contributed by atoms with van der Waals surface area (Å²) in [4.78, 5) is 17.4. The Balaban J connectivity index is 2.01. The largest absolute Gasteiger partial charge is 0.321 e. The number of hydrogen-bond donors (Lipinski definition) is 1. The molecule has 0 saturated carbocycles. The van der Waals surface area contributed by atoms with E-state index < -0.39 is 0 Å². The second-order valence-electron chi connectivity index (χ2n) is 4.74. The first-order valence-corrected chi connectivity index (χ1v) is 8.10. The molecule has 0 spiro atoms. The van der Waals surface area contributed by atoms with E-state index in [4.69, 9.17) is 0 Å². The van der Waals surface area contributed by atoms with Crippen LogP contribution in [0.5, 0.6) is 0 Å². The van der Waals surface area contributed by atoms with Crippen molar-refractivity contribution in [3.05, 3.63) is 56.4 Å². The Bertz CT molecular complexity index is 841. The number of rotatable bonds is 2. The molecular formula is C16H13BrN2OS. The number of fused-ring (bicyclic) bond motifs is 1. The molecule has 3 aromatic rings. The zero-order valence-corrected chi connectivity index (χ0v) is 14.0. The van der Waals surface area contributed by atoms with E-state index in [1.54, 1.807) is 0 Å². The third kappa shape index (κ3) is 2.71. The van der Waals surface area contributed by atoms with Gasteiger partial charge in [0.05, 0.1) is 10.7 Å². The number of halogens is 1. The molecule has 1 amide bonds. The van der Waals surface area contributed by atoms with Gasteiger partial charge in [0, 0.05) is 15.5 Å². The van der Waals surface area contributed by atoms with Crippen molar-refractivity contribution in [2.75, 3.05) is 5.32 Å². The number of nitrogens with zero attached hydrogens (tertiary/aromatic N) is 1. The van der Waals surface area contributed by atoms with Crippen LogP contribution in [0.15, 0.2) is 40.9 Å². The van der Waals surface area contributed by atoms with Crippen molar-refractivity contribution in [3.8, 4) is 0 Å². The normalized spacial score (nSPS) is 10.8. The molecule has 5 heteroatoms. The topological polar surface area (TPSA) is 42.0 Å². The number of aromatic nitrogens is 1. The lowest BCUT2D eigenvalue weighted by Crippen LogP contribution is -2.11. The maximum atomic E-state index is 12.4. The number of anilines is 1. The highest BCUT2D eigenvalue weighted by Gasteiger charge is 2.15. The van der Waals surface area contributed by atoms with Crippen LogP contribution < -0.4 is 5.32 Å². The van der Waals surface area contributed by atoms with Crippen LogP contribution in [0.2, 0.25) is 0 Å². The Morgan fingerprint density at radius 3 is 2.52 bits per heavy atom. The highest BCUT2D eigenvalue weighted by molar-refractivity contribution is 9.10. The Morgan fingerprint density at radius 2 is 1.86 bits per heavy atom. The van der Waals surface area contributed by atoms with Crippen molar-refractivity contribution < 1.29 is 4.79 Å². The molecule has 0 aliphatic heterocycles. The molecular weight excluding hydrogens is 348 g/mol. The van der Waals surface area contributed by atoms with Crippen LogP contribution in [0.25, 0.3) is 10.8 Å². The summed E-state index contributed by atoms with van der Waals surface area (Å²) in [7, 11) is 0. The van der Waals surface area contributed by atoms with E-state index in [1.807, 2.05) is 50.2 Å². The Labute approximate surface area is 135 Å². The van der Waals surface area contributed by atoms with E-state index in [-0.39, 0.29) is 5.91 Å². The van der Waals surface area contributed by atoms with Crippen LogP contribution in [0.1, 0.15) is 20.4 Å². The fourth-order valence-electron chi connectivity index (χ4n) is 2.29. The maximum Gasteiger partial charge on any atom is 0.267 e. The van der Waals surface area contributed by atoms with Gasteiger partial charge in [-0.1, -0.05) is 40.2 Å². The number of benzene rings is 2. The summed E-state index contributed by atoms with van der Waals surface area (Å²) >= 11 is 4.95. The third-order valence-electron chi connectivity index (χ3n) is 3.23. The Morgan fingerprint density at radius 1 is 1.14 bits per heavy atom. The van der Waals surface area contributed by atoms with Crippen LogP contribution in [-0.2, 0) is 0 Å². The SMILES string of the molecule is Cc1nc(C)c(C(=O)Nc2ccc(Br)c3ccccc23)s1. The molecule has 0 aliphatic carbocycles. The molecule has 1 N–H and O–H groups in total. The summed E-state index contributed by atoms with van der Waals surface area (Å²) in [6.45, 7) is 3.77. The number of aryl methyl sites for hydroxylation is 2. The van der Waals surface area contributed by atoms with E-state index in [0.717, 1.165) is 31.6 Å². The second kappa shape index (κ2) is 5.58. The van der Waals surface area contributed by atoms with Gasteiger partial charge in [0.25, 0.3) is 5.91 Å². The van der Waals surface area contributed by atoms with Gasteiger partial charge >= 0.3 is 0 Å². The minimum Gasteiger partial charge on any atom is -0.321 e. The fourth-order valence-corrected chi connectivity index (χ4v) is 3.59. The summed E-state index contributed by atoms with van der Waals surface area (Å²) in [5.41, 5.74) is 1.58. The summed E-state index contributed by atoms with van der Waals surface area (Å²) in [6.07, 6.45) is 0. The van der Waals surface area contributed by atoms with Crippen molar-refractivity contribution in [2.24, 2.45) is 0 Å². The Hall–Kier alpha value is -1.72. The minimum atomic E-state index is -0.106. The minimum absolute atomic E-state index is 0.106.